The SMILES string of the molecule is COc1cccc(-n2c(=O)[nH]c3cccc(O)c3c2=O)c1. The number of nitrogens with zero attached hydrogens (tertiary/aromatic N) is 1. The van der Waals surface area contributed by atoms with Crippen LogP contribution in [-0.4, -0.2) is 21.8 Å². The Morgan fingerprint density at radius 3 is 2.67 bits per heavy atom. The van der Waals surface area contributed by atoms with E-state index in [4.69, 9.17) is 4.74 Å². The van der Waals surface area contributed by atoms with E-state index in [0.717, 1.165) is 4.57 Å². The van der Waals surface area contributed by atoms with Crippen LogP contribution in [0.5, 0.6) is 11.5 Å². The average Bonchev–Trinajstić information content (AvgIpc) is 2.47. The van der Waals surface area contributed by atoms with Crippen molar-refractivity contribution in [3.8, 4) is 17.2 Å². The van der Waals surface area contributed by atoms with Crippen molar-refractivity contribution in [2.45, 2.75) is 0 Å². The number of phenolic OH excluding ortho intramolecular Hbond substituents is 1. The van der Waals surface area contributed by atoms with Gasteiger partial charge in [0, 0.05) is 6.07 Å². The predicted octanol–water partition coefficient (Wildman–Crippen LogP) is 1.39. The fraction of sp³-hybridized carbons (Fsp3) is 0.0667. The first-order valence-electron chi connectivity index (χ1n) is 6.23. The van der Waals surface area contributed by atoms with E-state index in [-0.39, 0.29) is 11.1 Å². The van der Waals surface area contributed by atoms with Crippen molar-refractivity contribution in [2.24, 2.45) is 0 Å². The molecular formula is C15H12N2O4. The molecule has 0 amide bonds. The number of H-pyrrole nitrogens is 1. The number of phenols is 1. The van der Waals surface area contributed by atoms with Gasteiger partial charge in [0.2, 0.25) is 0 Å². The van der Waals surface area contributed by atoms with Crippen LogP contribution in [-0.2, 0) is 0 Å². The summed E-state index contributed by atoms with van der Waals surface area (Å²) in [6.07, 6.45) is 0. The van der Waals surface area contributed by atoms with Crippen LogP contribution in [0.4, 0.5) is 0 Å². The van der Waals surface area contributed by atoms with E-state index in [1.165, 1.54) is 13.2 Å². The predicted molar refractivity (Wildman–Crippen MR) is 78.4 cm³/mol. The molecule has 2 N–H and O–H groups in total. The molecule has 0 fully saturated rings. The molecule has 0 unspecified atom stereocenters. The molecule has 0 aliphatic heterocycles. The molecule has 0 spiro atoms. The Balaban J connectivity index is 2.40. The lowest BCUT2D eigenvalue weighted by Crippen LogP contribution is -2.33. The molecule has 1 heterocycles. The van der Waals surface area contributed by atoms with Gasteiger partial charge in [-0.15, -0.1) is 0 Å². The highest BCUT2D eigenvalue weighted by molar-refractivity contribution is 5.83. The summed E-state index contributed by atoms with van der Waals surface area (Å²) < 4.78 is 6.05. The fourth-order valence-electron chi connectivity index (χ4n) is 2.23. The Morgan fingerprint density at radius 2 is 1.90 bits per heavy atom. The van der Waals surface area contributed by atoms with Crippen LogP contribution in [0.2, 0.25) is 0 Å². The van der Waals surface area contributed by atoms with Gasteiger partial charge in [0.1, 0.15) is 16.9 Å². The first-order valence-corrected chi connectivity index (χ1v) is 6.23. The number of nitrogens with one attached hydrogen (secondary N) is 1. The first-order chi connectivity index (χ1) is 10.1. The molecule has 0 atom stereocenters. The van der Waals surface area contributed by atoms with E-state index in [1.807, 2.05) is 0 Å². The molecule has 21 heavy (non-hydrogen) atoms. The van der Waals surface area contributed by atoms with Crippen LogP contribution in [0, 0.1) is 0 Å². The Bertz CT molecular complexity index is 940. The minimum atomic E-state index is -0.583. The number of hydrogen-bond acceptors (Lipinski definition) is 4. The van der Waals surface area contributed by atoms with Crippen molar-refractivity contribution in [1.29, 1.82) is 0 Å². The summed E-state index contributed by atoms with van der Waals surface area (Å²) in [6, 6.07) is 11.1. The van der Waals surface area contributed by atoms with E-state index in [1.54, 1.807) is 36.4 Å². The van der Waals surface area contributed by atoms with Crippen LogP contribution in [0.3, 0.4) is 0 Å². The number of aromatic nitrogens is 2. The van der Waals surface area contributed by atoms with Gasteiger partial charge in [-0.2, -0.15) is 0 Å². The van der Waals surface area contributed by atoms with Gasteiger partial charge in [-0.05, 0) is 24.3 Å². The summed E-state index contributed by atoms with van der Waals surface area (Å²) in [6.45, 7) is 0. The summed E-state index contributed by atoms with van der Waals surface area (Å²) in [5, 5.41) is 9.92. The van der Waals surface area contributed by atoms with Crippen molar-refractivity contribution < 1.29 is 9.84 Å². The number of benzene rings is 2. The number of aromatic hydroxyl groups is 1. The molecule has 106 valence electrons. The molecule has 3 rings (SSSR count). The highest BCUT2D eigenvalue weighted by atomic mass is 16.5. The number of rotatable bonds is 2. The Morgan fingerprint density at radius 1 is 1.14 bits per heavy atom. The quantitative estimate of drug-likeness (QED) is 0.745. The lowest BCUT2D eigenvalue weighted by Gasteiger charge is -2.08. The monoisotopic (exact) mass is 284 g/mol. The molecule has 0 radical (unpaired) electrons. The summed E-state index contributed by atoms with van der Waals surface area (Å²) in [5.41, 5.74) is -0.499. The van der Waals surface area contributed by atoms with E-state index in [2.05, 4.69) is 4.98 Å². The standard InChI is InChI=1S/C15H12N2O4/c1-21-10-5-2-4-9(8-10)17-14(19)13-11(16-15(17)20)6-3-7-12(13)18/h2-8,18H,1H3,(H,16,20). The highest BCUT2D eigenvalue weighted by Crippen LogP contribution is 2.19. The topological polar surface area (TPSA) is 84.3 Å². The average molecular weight is 284 g/mol. The zero-order chi connectivity index (χ0) is 15.0. The van der Waals surface area contributed by atoms with Crippen molar-refractivity contribution in [1.82, 2.24) is 9.55 Å². The minimum absolute atomic E-state index is 0.0694. The molecular weight excluding hydrogens is 272 g/mol. The lowest BCUT2D eigenvalue weighted by atomic mass is 10.2. The summed E-state index contributed by atoms with van der Waals surface area (Å²) in [5.74, 6) is 0.349. The maximum atomic E-state index is 12.5. The molecule has 0 saturated heterocycles. The van der Waals surface area contributed by atoms with Crippen LogP contribution in [0.15, 0.2) is 52.1 Å². The second-order valence-corrected chi connectivity index (χ2v) is 4.47. The molecule has 2 aromatic carbocycles. The molecule has 0 saturated carbocycles. The lowest BCUT2D eigenvalue weighted by molar-refractivity contribution is 0.414. The number of hydrogen-bond donors (Lipinski definition) is 2. The van der Waals surface area contributed by atoms with E-state index in [0.29, 0.717) is 17.0 Å². The molecule has 0 aliphatic carbocycles. The van der Waals surface area contributed by atoms with Crippen molar-refractivity contribution in [3.63, 3.8) is 0 Å². The third-order valence-corrected chi connectivity index (χ3v) is 3.22. The van der Waals surface area contributed by atoms with Gasteiger partial charge < -0.3 is 14.8 Å². The van der Waals surface area contributed by atoms with E-state index < -0.39 is 11.2 Å². The second kappa shape index (κ2) is 4.82. The van der Waals surface area contributed by atoms with Crippen LogP contribution in [0.1, 0.15) is 0 Å². The molecule has 6 nitrogen and oxygen atoms in total. The zero-order valence-electron chi connectivity index (χ0n) is 11.2. The highest BCUT2D eigenvalue weighted by Gasteiger charge is 2.12. The maximum Gasteiger partial charge on any atom is 0.333 e. The van der Waals surface area contributed by atoms with Crippen molar-refractivity contribution >= 4 is 10.9 Å². The number of ether oxygens (including phenoxy) is 1. The van der Waals surface area contributed by atoms with Gasteiger partial charge in [-0.25, -0.2) is 9.36 Å². The van der Waals surface area contributed by atoms with E-state index in [9.17, 15) is 14.7 Å². The smallest absolute Gasteiger partial charge is 0.333 e. The molecule has 0 aliphatic rings. The Kier molecular flexibility index (Phi) is 2.98. The molecule has 6 heteroatoms. The second-order valence-electron chi connectivity index (χ2n) is 4.47. The van der Waals surface area contributed by atoms with Gasteiger partial charge in [0.15, 0.2) is 0 Å². The van der Waals surface area contributed by atoms with Crippen LogP contribution < -0.4 is 16.0 Å². The van der Waals surface area contributed by atoms with Crippen molar-refractivity contribution in [3.05, 3.63) is 63.3 Å². The minimum Gasteiger partial charge on any atom is -0.507 e. The Hall–Kier alpha value is -3.02. The van der Waals surface area contributed by atoms with Gasteiger partial charge in [-0.3, -0.25) is 4.79 Å². The summed E-state index contributed by atoms with van der Waals surface area (Å²) in [7, 11) is 1.50. The summed E-state index contributed by atoms with van der Waals surface area (Å²) >= 11 is 0. The normalized spacial score (nSPS) is 10.7. The maximum absolute atomic E-state index is 12.5. The van der Waals surface area contributed by atoms with Crippen LogP contribution in [0.25, 0.3) is 16.6 Å². The zero-order valence-corrected chi connectivity index (χ0v) is 11.2. The van der Waals surface area contributed by atoms with Gasteiger partial charge >= 0.3 is 5.69 Å². The third-order valence-electron chi connectivity index (χ3n) is 3.22. The van der Waals surface area contributed by atoms with Gasteiger partial charge in [0.25, 0.3) is 5.56 Å². The molecule has 1 aromatic heterocycles. The molecule has 3 aromatic rings. The fourth-order valence-corrected chi connectivity index (χ4v) is 2.23. The van der Waals surface area contributed by atoms with Gasteiger partial charge in [0.05, 0.1) is 18.3 Å². The van der Waals surface area contributed by atoms with Crippen LogP contribution >= 0.6 is 0 Å². The molecule has 0 bridgehead atoms. The number of aromatic amines is 1. The summed E-state index contributed by atoms with van der Waals surface area (Å²) in [4.78, 5) is 27.2. The Labute approximate surface area is 118 Å². The van der Waals surface area contributed by atoms with Gasteiger partial charge in [-0.1, -0.05) is 12.1 Å². The van der Waals surface area contributed by atoms with Crippen molar-refractivity contribution in [2.75, 3.05) is 7.11 Å². The third kappa shape index (κ3) is 2.06. The van der Waals surface area contributed by atoms with E-state index >= 15 is 0 Å². The number of fused-ring (bicyclic) bond motifs is 1. The number of methoxy groups -OCH3 is 1. The largest absolute Gasteiger partial charge is 0.507 e. The first kappa shape index (κ1) is 13.0.